The van der Waals surface area contributed by atoms with Crippen molar-refractivity contribution >= 4 is 21.4 Å². The summed E-state index contributed by atoms with van der Waals surface area (Å²) < 4.78 is 22.5. The number of hydrogen-bond acceptors (Lipinski definition) is 5. The predicted molar refractivity (Wildman–Crippen MR) is 71.2 cm³/mol. The van der Waals surface area contributed by atoms with Crippen LogP contribution in [0.5, 0.6) is 0 Å². The van der Waals surface area contributed by atoms with Crippen LogP contribution < -0.4 is 5.32 Å². The van der Waals surface area contributed by atoms with Crippen molar-refractivity contribution in [2.24, 2.45) is 0 Å². The fraction of sp³-hybridized carbons (Fsp3) is 0.364. The molecule has 20 heavy (non-hydrogen) atoms. The molecule has 0 radical (unpaired) electrons. The maximum absolute atomic E-state index is 11.8. The molecule has 1 aliphatic heterocycles. The first-order valence-corrected chi connectivity index (χ1v) is 7.45. The summed E-state index contributed by atoms with van der Waals surface area (Å²) >= 11 is 0. The van der Waals surface area contributed by atoms with Crippen molar-refractivity contribution in [2.75, 3.05) is 11.5 Å². The third kappa shape index (κ3) is 3.75. The van der Waals surface area contributed by atoms with Crippen LogP contribution in [0.25, 0.3) is 0 Å². The van der Waals surface area contributed by atoms with Crippen LogP contribution in [-0.4, -0.2) is 42.3 Å². The molecule has 1 aromatic rings. The van der Waals surface area contributed by atoms with Gasteiger partial charge in [0.25, 0.3) is 11.6 Å². The largest absolute Gasteiger partial charge is 0.412 e. The van der Waals surface area contributed by atoms with Crippen molar-refractivity contribution in [1.82, 2.24) is 5.32 Å². The predicted octanol–water partition coefficient (Wildman–Crippen LogP) is -0.313. The Morgan fingerprint density at radius 3 is 2.35 bits per heavy atom. The number of amides is 1. The normalized spacial score (nSPS) is 19.9. The number of nitro groups is 1. The summed E-state index contributed by atoms with van der Waals surface area (Å²) in [5.74, 6) is -0.388. The lowest BCUT2D eigenvalue weighted by Crippen LogP contribution is -2.35. The van der Waals surface area contributed by atoms with Crippen molar-refractivity contribution < 1.29 is 23.6 Å². The molecule has 1 saturated heterocycles. The molecular weight excluding hydrogens is 288 g/mol. The summed E-state index contributed by atoms with van der Waals surface area (Å²) in [6.45, 7) is 0. The second-order valence-electron chi connectivity index (χ2n) is 4.38. The van der Waals surface area contributed by atoms with E-state index in [-0.39, 0.29) is 34.3 Å². The minimum absolute atomic E-state index is 0. The second kappa shape index (κ2) is 5.97. The van der Waals surface area contributed by atoms with Gasteiger partial charge in [-0.15, -0.1) is 0 Å². The molecule has 0 saturated carbocycles. The highest BCUT2D eigenvalue weighted by molar-refractivity contribution is 7.91. The average Bonchev–Trinajstić information content (AvgIpc) is 2.68. The SMILES string of the molecule is O.O=C(NC1CCS(=O)(=O)C1)c1ccc([N+](=O)[O-])cc1. The molecule has 0 aliphatic carbocycles. The van der Waals surface area contributed by atoms with E-state index in [1.165, 1.54) is 24.3 Å². The number of benzene rings is 1. The van der Waals surface area contributed by atoms with Gasteiger partial charge in [0.2, 0.25) is 0 Å². The summed E-state index contributed by atoms with van der Waals surface area (Å²) in [5, 5.41) is 13.1. The molecule has 0 bridgehead atoms. The highest BCUT2D eigenvalue weighted by atomic mass is 32.2. The zero-order valence-corrected chi connectivity index (χ0v) is 11.2. The smallest absolute Gasteiger partial charge is 0.269 e. The Morgan fingerprint density at radius 2 is 1.90 bits per heavy atom. The summed E-state index contributed by atoms with van der Waals surface area (Å²) in [5.41, 5.74) is 0.176. The summed E-state index contributed by atoms with van der Waals surface area (Å²) in [7, 11) is -3.05. The van der Waals surface area contributed by atoms with Crippen LogP contribution in [0.3, 0.4) is 0 Å². The van der Waals surface area contributed by atoms with Crippen molar-refractivity contribution in [1.29, 1.82) is 0 Å². The van der Waals surface area contributed by atoms with Gasteiger partial charge >= 0.3 is 0 Å². The van der Waals surface area contributed by atoms with E-state index in [2.05, 4.69) is 5.32 Å². The van der Waals surface area contributed by atoms with E-state index in [1.54, 1.807) is 0 Å². The maximum atomic E-state index is 11.8. The summed E-state index contributed by atoms with van der Waals surface area (Å²) in [4.78, 5) is 21.7. The minimum atomic E-state index is -3.05. The molecule has 110 valence electrons. The lowest BCUT2D eigenvalue weighted by atomic mass is 10.1. The van der Waals surface area contributed by atoms with Gasteiger partial charge in [0.15, 0.2) is 9.84 Å². The van der Waals surface area contributed by atoms with E-state index in [0.29, 0.717) is 6.42 Å². The molecule has 2 rings (SSSR count). The Labute approximate surface area is 115 Å². The molecule has 1 atom stereocenters. The van der Waals surface area contributed by atoms with Gasteiger partial charge in [-0.3, -0.25) is 14.9 Å². The number of carbonyl (C=O) groups excluding carboxylic acids is 1. The first kappa shape index (κ1) is 16.1. The highest BCUT2D eigenvalue weighted by Crippen LogP contribution is 2.14. The molecule has 8 nitrogen and oxygen atoms in total. The topological polar surface area (TPSA) is 138 Å². The fourth-order valence-corrected chi connectivity index (χ4v) is 3.59. The van der Waals surface area contributed by atoms with Gasteiger partial charge in [-0.05, 0) is 18.6 Å². The molecule has 3 N–H and O–H groups in total. The molecule has 1 fully saturated rings. The summed E-state index contributed by atoms with van der Waals surface area (Å²) in [6, 6.07) is 4.78. The molecule has 1 aliphatic rings. The van der Waals surface area contributed by atoms with Crippen molar-refractivity contribution in [2.45, 2.75) is 12.5 Å². The van der Waals surface area contributed by atoms with Gasteiger partial charge in [-0.1, -0.05) is 0 Å². The third-order valence-corrected chi connectivity index (χ3v) is 4.68. The average molecular weight is 302 g/mol. The minimum Gasteiger partial charge on any atom is -0.412 e. The highest BCUT2D eigenvalue weighted by Gasteiger charge is 2.29. The Kier molecular flexibility index (Phi) is 4.79. The molecule has 9 heteroatoms. The van der Waals surface area contributed by atoms with Crippen LogP contribution in [0.2, 0.25) is 0 Å². The molecule has 1 heterocycles. The van der Waals surface area contributed by atoms with Gasteiger partial charge in [-0.25, -0.2) is 8.42 Å². The molecule has 0 spiro atoms. The lowest BCUT2D eigenvalue weighted by Gasteiger charge is -2.10. The van der Waals surface area contributed by atoms with Crippen molar-refractivity contribution in [3.8, 4) is 0 Å². The third-order valence-electron chi connectivity index (χ3n) is 2.91. The number of non-ortho nitro benzene ring substituents is 1. The van der Waals surface area contributed by atoms with E-state index >= 15 is 0 Å². The van der Waals surface area contributed by atoms with Gasteiger partial charge in [-0.2, -0.15) is 0 Å². The number of nitrogens with zero attached hydrogens (tertiary/aromatic N) is 1. The Balaban J connectivity index is 0.00000200. The Bertz CT molecular complexity index is 610. The van der Waals surface area contributed by atoms with Crippen molar-refractivity contribution in [3.63, 3.8) is 0 Å². The van der Waals surface area contributed by atoms with Crippen LogP contribution in [0, 0.1) is 10.1 Å². The van der Waals surface area contributed by atoms with Gasteiger partial charge < -0.3 is 10.8 Å². The molecule has 1 unspecified atom stereocenters. The van der Waals surface area contributed by atoms with Crippen molar-refractivity contribution in [3.05, 3.63) is 39.9 Å². The quantitative estimate of drug-likeness (QED) is 0.602. The fourth-order valence-electron chi connectivity index (χ4n) is 1.91. The van der Waals surface area contributed by atoms with Crippen LogP contribution in [0.1, 0.15) is 16.8 Å². The Hall–Kier alpha value is -2.00. The lowest BCUT2D eigenvalue weighted by molar-refractivity contribution is -0.384. The monoisotopic (exact) mass is 302 g/mol. The van der Waals surface area contributed by atoms with Crippen LogP contribution >= 0.6 is 0 Å². The van der Waals surface area contributed by atoms with E-state index in [1.807, 2.05) is 0 Å². The number of sulfone groups is 1. The van der Waals surface area contributed by atoms with E-state index < -0.39 is 20.7 Å². The molecule has 1 aromatic carbocycles. The molecule has 0 aromatic heterocycles. The maximum Gasteiger partial charge on any atom is 0.269 e. The molecule has 1 amide bonds. The number of hydrogen-bond donors (Lipinski definition) is 1. The van der Waals surface area contributed by atoms with Crippen LogP contribution in [0.4, 0.5) is 5.69 Å². The number of nitro benzene ring substituents is 1. The number of nitrogens with one attached hydrogen (secondary N) is 1. The Morgan fingerprint density at radius 1 is 1.30 bits per heavy atom. The second-order valence-corrected chi connectivity index (χ2v) is 6.61. The zero-order chi connectivity index (χ0) is 14.0. The van der Waals surface area contributed by atoms with Gasteiger partial charge in [0, 0.05) is 23.7 Å². The zero-order valence-electron chi connectivity index (χ0n) is 10.4. The summed E-state index contributed by atoms with van der Waals surface area (Å²) in [6.07, 6.45) is 0.404. The van der Waals surface area contributed by atoms with E-state index in [9.17, 15) is 23.3 Å². The van der Waals surface area contributed by atoms with E-state index in [0.717, 1.165) is 0 Å². The van der Waals surface area contributed by atoms with Gasteiger partial charge in [0.05, 0.1) is 16.4 Å². The standard InChI is InChI=1S/C11H12N2O5S.H2O/c14-11(12-9-5-6-19(17,18)7-9)8-1-3-10(4-2-8)13(15)16;/h1-4,9H,5-7H2,(H,12,14);1H2. The first-order chi connectivity index (χ1) is 8.87. The van der Waals surface area contributed by atoms with E-state index in [4.69, 9.17) is 0 Å². The molecular formula is C11H14N2O6S. The van der Waals surface area contributed by atoms with Crippen LogP contribution in [0.15, 0.2) is 24.3 Å². The number of rotatable bonds is 3. The first-order valence-electron chi connectivity index (χ1n) is 5.63. The van der Waals surface area contributed by atoms with Crippen LogP contribution in [-0.2, 0) is 9.84 Å². The number of carbonyl (C=O) groups is 1. The van der Waals surface area contributed by atoms with Gasteiger partial charge in [0.1, 0.15) is 0 Å².